The van der Waals surface area contributed by atoms with Gasteiger partial charge in [-0.1, -0.05) is 145 Å². The molecule has 1 saturated carbocycles. The zero-order valence-corrected chi connectivity index (χ0v) is 35.6. The van der Waals surface area contributed by atoms with Gasteiger partial charge < -0.3 is 5.11 Å². The minimum Gasteiger partial charge on any atom is -0.393 e. The molecule has 1 N–H and O–H groups in total. The zero-order valence-electron chi connectivity index (χ0n) is 35.6. The van der Waals surface area contributed by atoms with Crippen LogP contribution in [0.15, 0.2) is 0 Å². The van der Waals surface area contributed by atoms with Crippen molar-refractivity contribution in [1.82, 2.24) is 0 Å². The third-order valence-electron chi connectivity index (χ3n) is 6.31. The third-order valence-corrected chi connectivity index (χ3v) is 6.31. The maximum Gasteiger partial charge on any atom is 0.245 e. The molecule has 0 aromatic rings. The van der Waals surface area contributed by atoms with E-state index in [1.54, 1.807) is 13.8 Å². The highest BCUT2D eigenvalue weighted by atomic mass is 19.3. The Morgan fingerprint density at radius 3 is 0.870 bits per heavy atom. The minimum absolute atomic E-state index is 0.00694. The van der Waals surface area contributed by atoms with Gasteiger partial charge in [0.05, 0.1) is 6.10 Å². The Balaban J connectivity index is -0.000000104. The average molecular weight is 675 g/mol. The number of halogens is 4. The van der Waals surface area contributed by atoms with Crippen molar-refractivity contribution < 1.29 is 22.7 Å². The first-order valence-electron chi connectivity index (χ1n) is 18.6. The number of hydrogen-bond acceptors (Lipinski definition) is 1. The second-order valence-corrected chi connectivity index (χ2v) is 18.2. The van der Waals surface area contributed by atoms with Gasteiger partial charge in [0.15, 0.2) is 0 Å². The first-order valence-corrected chi connectivity index (χ1v) is 18.6. The lowest BCUT2D eigenvalue weighted by Gasteiger charge is -2.27. The highest BCUT2D eigenvalue weighted by Crippen LogP contribution is 2.29. The summed E-state index contributed by atoms with van der Waals surface area (Å²) in [5.41, 5.74) is 0.522. The van der Waals surface area contributed by atoms with E-state index in [9.17, 15) is 22.7 Å². The summed E-state index contributed by atoms with van der Waals surface area (Å²) in [6.45, 7) is 45.4. The van der Waals surface area contributed by atoms with Crippen LogP contribution in [-0.4, -0.2) is 23.6 Å². The van der Waals surface area contributed by atoms with E-state index < -0.39 is 18.3 Å². The SMILES string of the molecule is CC(C)C.CC(C)C.CC(C)C(C)C.CC(C)C(F)F.CC(C)C1CCC(O)CC1.CC(C)CC(C)(C)C.CC(C)CC(C)(F)F. The molecule has 0 unspecified atom stereocenters. The van der Waals surface area contributed by atoms with Crippen molar-refractivity contribution in [2.75, 3.05) is 0 Å². The number of aliphatic hydroxyl groups excluding tert-OH is 1. The molecule has 288 valence electrons. The Labute approximate surface area is 290 Å². The summed E-state index contributed by atoms with van der Waals surface area (Å²) in [6, 6.07) is 0. The van der Waals surface area contributed by atoms with Crippen LogP contribution in [0.25, 0.3) is 0 Å². The monoisotopic (exact) mass is 675 g/mol. The van der Waals surface area contributed by atoms with Gasteiger partial charge in [-0.3, -0.25) is 0 Å². The van der Waals surface area contributed by atoms with Gasteiger partial charge in [-0.05, 0) is 91.8 Å². The lowest BCUT2D eigenvalue weighted by molar-refractivity contribution is 0.000966. The van der Waals surface area contributed by atoms with E-state index in [1.165, 1.54) is 33.1 Å². The molecule has 5 heteroatoms. The summed E-state index contributed by atoms with van der Waals surface area (Å²) in [7, 11) is 0. The molecule has 1 rings (SSSR count). The second-order valence-electron chi connectivity index (χ2n) is 18.2. The molecule has 0 heterocycles. The Hall–Kier alpha value is -0.320. The predicted octanol–water partition coefficient (Wildman–Crippen LogP) is 15.5. The van der Waals surface area contributed by atoms with Gasteiger partial charge in [-0.15, -0.1) is 0 Å². The van der Waals surface area contributed by atoms with Gasteiger partial charge in [0, 0.05) is 12.3 Å². The van der Waals surface area contributed by atoms with Gasteiger partial charge >= 0.3 is 0 Å². The second kappa shape index (κ2) is 33.2. The Bertz CT molecular complexity index is 504. The fourth-order valence-corrected chi connectivity index (χ4v) is 3.71. The molecule has 1 aliphatic rings. The fourth-order valence-electron chi connectivity index (χ4n) is 3.71. The van der Waals surface area contributed by atoms with E-state index >= 15 is 0 Å². The molecule has 1 aliphatic carbocycles. The van der Waals surface area contributed by atoms with Gasteiger partial charge in [-0.25, -0.2) is 17.6 Å². The molecular formula is C41H90F4O. The summed E-state index contributed by atoms with van der Waals surface area (Å²) in [6.07, 6.45) is 3.71. The number of alkyl halides is 4. The zero-order chi connectivity index (χ0) is 38.6. The smallest absolute Gasteiger partial charge is 0.245 e. The van der Waals surface area contributed by atoms with E-state index in [0.29, 0.717) is 5.41 Å². The highest BCUT2D eigenvalue weighted by Gasteiger charge is 2.22. The maximum atomic E-state index is 12.0. The summed E-state index contributed by atoms with van der Waals surface area (Å²) in [5, 5.41) is 9.21. The van der Waals surface area contributed by atoms with E-state index in [0.717, 1.165) is 61.2 Å². The summed E-state index contributed by atoms with van der Waals surface area (Å²) in [4.78, 5) is 0. The van der Waals surface area contributed by atoms with Crippen molar-refractivity contribution in [3.8, 4) is 0 Å². The van der Waals surface area contributed by atoms with E-state index in [2.05, 4.69) is 118 Å². The molecular weight excluding hydrogens is 584 g/mol. The lowest BCUT2D eigenvalue weighted by Crippen LogP contribution is -2.21. The molecule has 0 radical (unpaired) electrons. The van der Waals surface area contributed by atoms with Crippen molar-refractivity contribution in [3.63, 3.8) is 0 Å². The maximum absolute atomic E-state index is 12.0. The van der Waals surface area contributed by atoms with Crippen LogP contribution in [0, 0.1) is 58.7 Å². The number of aliphatic hydroxyl groups is 1. The normalized spacial score (nSPS) is 16.4. The van der Waals surface area contributed by atoms with Crippen molar-refractivity contribution in [3.05, 3.63) is 0 Å². The van der Waals surface area contributed by atoms with Crippen LogP contribution in [-0.2, 0) is 0 Å². The molecule has 0 amide bonds. The molecule has 46 heavy (non-hydrogen) atoms. The Morgan fingerprint density at radius 1 is 0.522 bits per heavy atom. The van der Waals surface area contributed by atoms with Crippen LogP contribution in [0.5, 0.6) is 0 Å². The van der Waals surface area contributed by atoms with Crippen LogP contribution in [0.1, 0.15) is 191 Å². The summed E-state index contributed by atoms with van der Waals surface area (Å²) < 4.78 is 46.3. The van der Waals surface area contributed by atoms with Crippen molar-refractivity contribution in [2.24, 2.45) is 58.7 Å². The van der Waals surface area contributed by atoms with Gasteiger partial charge in [-0.2, -0.15) is 0 Å². The molecule has 0 aliphatic heterocycles. The van der Waals surface area contributed by atoms with Crippen LogP contribution in [0.4, 0.5) is 17.6 Å². The number of rotatable bonds is 6. The van der Waals surface area contributed by atoms with Gasteiger partial charge in [0.2, 0.25) is 12.3 Å². The molecule has 0 saturated heterocycles. The predicted molar refractivity (Wildman–Crippen MR) is 203 cm³/mol. The van der Waals surface area contributed by atoms with E-state index in [4.69, 9.17) is 0 Å². The Kier molecular flexibility index (Phi) is 41.8. The van der Waals surface area contributed by atoms with Crippen molar-refractivity contribution in [2.45, 2.75) is 209 Å². The molecule has 0 atom stereocenters. The summed E-state index contributed by atoms with van der Waals surface area (Å²) >= 11 is 0. The van der Waals surface area contributed by atoms with Gasteiger partial charge in [0.1, 0.15) is 0 Å². The molecule has 0 bridgehead atoms. The molecule has 1 nitrogen and oxygen atoms in total. The van der Waals surface area contributed by atoms with E-state index in [1.807, 2.05) is 0 Å². The highest BCUT2D eigenvalue weighted by molar-refractivity contribution is 4.73. The van der Waals surface area contributed by atoms with Crippen LogP contribution < -0.4 is 0 Å². The van der Waals surface area contributed by atoms with E-state index in [-0.39, 0.29) is 18.4 Å². The molecule has 1 fully saturated rings. The molecule has 0 aromatic heterocycles. The first-order chi connectivity index (χ1) is 20.3. The number of hydrogen-bond donors (Lipinski definition) is 1. The van der Waals surface area contributed by atoms with Crippen LogP contribution in [0.2, 0.25) is 0 Å². The topological polar surface area (TPSA) is 20.2 Å². The molecule has 0 aromatic carbocycles. The van der Waals surface area contributed by atoms with Gasteiger partial charge in [0.25, 0.3) is 0 Å². The van der Waals surface area contributed by atoms with Crippen LogP contribution in [0.3, 0.4) is 0 Å². The molecule has 0 spiro atoms. The largest absolute Gasteiger partial charge is 0.393 e. The first kappa shape index (κ1) is 57.9. The summed E-state index contributed by atoms with van der Waals surface area (Å²) in [5.74, 6) is 3.04. The Morgan fingerprint density at radius 2 is 0.783 bits per heavy atom. The fraction of sp³-hybridized carbons (Fsp3) is 1.00. The van der Waals surface area contributed by atoms with Crippen molar-refractivity contribution >= 4 is 0 Å². The standard InChI is InChI=1S/C9H18O.C8H18.C6H12F2.C6H14.C4H8F2.2C4H10/c1-7(2)8-3-5-9(10)6-4-8;1-7(2)6-8(3,4)5;1-5(2)4-6(3,7)8;1-5(2)6(3)4;1-3(2)4(5)6;2*1-4(2)3/h7-10H,3-6H2,1-2H3;7H,6H2,1-5H3;5H,4H2,1-3H3;5-6H,1-4H3;3-4H,1-2H3;2*4H,1-3H3. The quantitative estimate of drug-likeness (QED) is 0.278. The van der Waals surface area contributed by atoms with Crippen molar-refractivity contribution in [1.29, 1.82) is 0 Å². The average Bonchev–Trinajstić information content (AvgIpc) is 2.76. The minimum atomic E-state index is -2.48. The lowest BCUT2D eigenvalue weighted by atomic mass is 9.81. The van der Waals surface area contributed by atoms with Crippen LogP contribution >= 0.6 is 0 Å². The third kappa shape index (κ3) is 79.3.